The van der Waals surface area contributed by atoms with Gasteiger partial charge in [0.15, 0.2) is 0 Å². The van der Waals surface area contributed by atoms with Crippen molar-refractivity contribution in [3.05, 3.63) is 59.7 Å². The summed E-state index contributed by atoms with van der Waals surface area (Å²) < 4.78 is 5.19. The standard InChI is InChI=1S/C19H16N4O3/c24-18-11-23(20-9-12-4-3-7-26-12)19(25)17-8-14-13-5-1-2-6-15(13)21-16(14)10-22(17)18/h1-7,9,17,21H,8,10-11H2. The lowest BCUT2D eigenvalue weighted by Crippen LogP contribution is -2.60. The van der Waals surface area contributed by atoms with Crippen LogP contribution in [0.2, 0.25) is 0 Å². The predicted molar refractivity (Wildman–Crippen MR) is 94.4 cm³/mol. The van der Waals surface area contributed by atoms with Crippen molar-refractivity contribution < 1.29 is 14.0 Å². The van der Waals surface area contributed by atoms with Crippen LogP contribution in [0.25, 0.3) is 10.9 Å². The third kappa shape index (κ3) is 2.24. The van der Waals surface area contributed by atoms with Gasteiger partial charge in [-0.3, -0.25) is 9.59 Å². The summed E-state index contributed by atoms with van der Waals surface area (Å²) in [4.78, 5) is 30.5. The number of nitrogens with one attached hydrogen (secondary N) is 1. The molecule has 7 heteroatoms. The molecule has 0 saturated carbocycles. The van der Waals surface area contributed by atoms with Crippen molar-refractivity contribution >= 4 is 28.9 Å². The molecule has 7 nitrogen and oxygen atoms in total. The van der Waals surface area contributed by atoms with Crippen molar-refractivity contribution in [2.75, 3.05) is 6.54 Å². The Labute approximate surface area is 148 Å². The van der Waals surface area contributed by atoms with Crippen molar-refractivity contribution in [2.45, 2.75) is 19.0 Å². The van der Waals surface area contributed by atoms with Gasteiger partial charge in [-0.05, 0) is 23.8 Å². The molecule has 0 spiro atoms. The molecule has 1 fully saturated rings. The Balaban J connectivity index is 1.48. The Morgan fingerprint density at radius 1 is 1.15 bits per heavy atom. The third-order valence-corrected chi connectivity index (χ3v) is 5.02. The number of piperazine rings is 1. The lowest BCUT2D eigenvalue weighted by Gasteiger charge is -2.40. The minimum Gasteiger partial charge on any atom is -0.463 e. The van der Waals surface area contributed by atoms with E-state index in [9.17, 15) is 9.59 Å². The van der Waals surface area contributed by atoms with Crippen LogP contribution in [0.3, 0.4) is 0 Å². The molecule has 0 bridgehead atoms. The second-order valence-corrected chi connectivity index (χ2v) is 6.53. The van der Waals surface area contributed by atoms with Gasteiger partial charge < -0.3 is 14.3 Å². The van der Waals surface area contributed by atoms with Gasteiger partial charge in [0.2, 0.25) is 5.91 Å². The van der Waals surface area contributed by atoms with E-state index in [1.807, 2.05) is 24.3 Å². The zero-order valence-corrected chi connectivity index (χ0v) is 13.9. The number of nitrogens with zero attached hydrogens (tertiary/aromatic N) is 3. The number of benzene rings is 1. The summed E-state index contributed by atoms with van der Waals surface area (Å²) in [6.07, 6.45) is 3.49. The molecule has 2 aliphatic rings. The fourth-order valence-corrected chi connectivity index (χ4v) is 3.75. The number of carbonyl (C=O) groups is 2. The van der Waals surface area contributed by atoms with Crippen LogP contribution in [0.4, 0.5) is 0 Å². The highest BCUT2D eigenvalue weighted by atomic mass is 16.3. The van der Waals surface area contributed by atoms with E-state index in [0.717, 1.165) is 22.2 Å². The number of H-pyrrole nitrogens is 1. The van der Waals surface area contributed by atoms with E-state index >= 15 is 0 Å². The van der Waals surface area contributed by atoms with E-state index in [1.54, 1.807) is 17.0 Å². The summed E-state index contributed by atoms with van der Waals surface area (Å²) in [5.41, 5.74) is 3.15. The summed E-state index contributed by atoms with van der Waals surface area (Å²) in [6, 6.07) is 11.0. The summed E-state index contributed by atoms with van der Waals surface area (Å²) in [5.74, 6) is 0.272. The summed E-state index contributed by atoms with van der Waals surface area (Å²) in [6.45, 7) is 0.372. The Kier molecular flexibility index (Phi) is 3.21. The SMILES string of the molecule is O=C1C2Cc3c([nH]c4ccccc34)CN2C(=O)CN1N=Cc1ccco1. The molecule has 26 heavy (non-hydrogen) atoms. The number of aromatic amines is 1. The molecule has 130 valence electrons. The molecular weight excluding hydrogens is 332 g/mol. The van der Waals surface area contributed by atoms with Gasteiger partial charge in [-0.1, -0.05) is 18.2 Å². The fraction of sp³-hybridized carbons (Fsp3) is 0.211. The first-order valence-corrected chi connectivity index (χ1v) is 8.47. The lowest BCUT2D eigenvalue weighted by atomic mass is 9.94. The molecule has 5 rings (SSSR count). The van der Waals surface area contributed by atoms with E-state index in [-0.39, 0.29) is 18.4 Å². The summed E-state index contributed by atoms with van der Waals surface area (Å²) in [7, 11) is 0. The van der Waals surface area contributed by atoms with Crippen LogP contribution >= 0.6 is 0 Å². The summed E-state index contributed by atoms with van der Waals surface area (Å²) >= 11 is 0. The molecule has 0 aliphatic carbocycles. The van der Waals surface area contributed by atoms with Gasteiger partial charge in [0.1, 0.15) is 18.3 Å². The van der Waals surface area contributed by atoms with Gasteiger partial charge in [0, 0.05) is 23.0 Å². The maximum absolute atomic E-state index is 12.9. The van der Waals surface area contributed by atoms with Crippen molar-refractivity contribution in [3.8, 4) is 0 Å². The molecule has 3 aromatic rings. The molecular formula is C19H16N4O3. The monoisotopic (exact) mass is 348 g/mol. The van der Waals surface area contributed by atoms with Crippen molar-refractivity contribution in [2.24, 2.45) is 5.10 Å². The Morgan fingerprint density at radius 3 is 2.88 bits per heavy atom. The summed E-state index contributed by atoms with van der Waals surface area (Å²) in [5, 5.41) is 6.52. The van der Waals surface area contributed by atoms with E-state index in [2.05, 4.69) is 10.1 Å². The fourth-order valence-electron chi connectivity index (χ4n) is 3.75. The van der Waals surface area contributed by atoms with Crippen LogP contribution in [0, 0.1) is 0 Å². The van der Waals surface area contributed by atoms with Gasteiger partial charge in [-0.25, -0.2) is 5.01 Å². The zero-order valence-electron chi connectivity index (χ0n) is 13.9. The van der Waals surface area contributed by atoms with E-state index in [4.69, 9.17) is 4.42 Å². The molecule has 1 unspecified atom stereocenters. The molecule has 1 atom stereocenters. The van der Waals surface area contributed by atoms with Gasteiger partial charge >= 0.3 is 0 Å². The van der Waals surface area contributed by atoms with Gasteiger partial charge in [0.05, 0.1) is 19.0 Å². The minimum atomic E-state index is -0.517. The minimum absolute atomic E-state index is 0.0535. The highest BCUT2D eigenvalue weighted by Gasteiger charge is 2.43. The number of fused-ring (bicyclic) bond motifs is 4. The number of furan rings is 1. The van der Waals surface area contributed by atoms with Gasteiger partial charge in [-0.15, -0.1) is 0 Å². The van der Waals surface area contributed by atoms with Crippen molar-refractivity contribution in [1.29, 1.82) is 0 Å². The molecule has 2 aliphatic heterocycles. The smallest absolute Gasteiger partial charge is 0.266 e. The number of hydrogen-bond acceptors (Lipinski definition) is 4. The normalized spacial score (nSPS) is 20.1. The second kappa shape index (κ2) is 5.59. The van der Waals surface area contributed by atoms with Gasteiger partial charge in [-0.2, -0.15) is 5.10 Å². The predicted octanol–water partition coefficient (Wildman–Crippen LogP) is 1.89. The average Bonchev–Trinajstić information content (AvgIpc) is 3.29. The van der Waals surface area contributed by atoms with Crippen LogP contribution < -0.4 is 0 Å². The number of amides is 2. The Bertz CT molecular complexity index is 1030. The number of aromatic nitrogens is 1. The number of hydrazone groups is 1. The average molecular weight is 348 g/mol. The maximum atomic E-state index is 12.9. The topological polar surface area (TPSA) is 81.9 Å². The lowest BCUT2D eigenvalue weighted by molar-refractivity contribution is -0.157. The quantitative estimate of drug-likeness (QED) is 0.718. The molecule has 0 radical (unpaired) electrons. The Hall–Kier alpha value is -3.35. The zero-order chi connectivity index (χ0) is 17.7. The molecule has 4 heterocycles. The molecule has 1 saturated heterocycles. The van der Waals surface area contributed by atoms with Crippen molar-refractivity contribution in [3.63, 3.8) is 0 Å². The third-order valence-electron chi connectivity index (χ3n) is 5.02. The van der Waals surface area contributed by atoms with Crippen LogP contribution in [-0.4, -0.2) is 45.5 Å². The number of carbonyl (C=O) groups excluding carboxylic acids is 2. The van der Waals surface area contributed by atoms with Crippen LogP contribution in [0.15, 0.2) is 52.2 Å². The number of rotatable bonds is 2. The first kappa shape index (κ1) is 14.9. The van der Waals surface area contributed by atoms with Crippen LogP contribution in [-0.2, 0) is 22.6 Å². The highest BCUT2D eigenvalue weighted by Crippen LogP contribution is 2.32. The Morgan fingerprint density at radius 2 is 2.04 bits per heavy atom. The molecule has 1 N–H and O–H groups in total. The first-order chi connectivity index (χ1) is 12.7. The first-order valence-electron chi connectivity index (χ1n) is 8.47. The highest BCUT2D eigenvalue weighted by molar-refractivity contribution is 5.97. The molecule has 1 aromatic carbocycles. The van der Waals surface area contributed by atoms with Crippen LogP contribution in [0.1, 0.15) is 17.0 Å². The molecule has 2 amide bonds. The number of para-hydroxylation sites is 1. The van der Waals surface area contributed by atoms with E-state index < -0.39 is 6.04 Å². The number of hydrogen-bond donors (Lipinski definition) is 1. The van der Waals surface area contributed by atoms with E-state index in [1.165, 1.54) is 17.5 Å². The maximum Gasteiger partial charge on any atom is 0.266 e. The van der Waals surface area contributed by atoms with Gasteiger partial charge in [0.25, 0.3) is 5.91 Å². The molecule has 2 aromatic heterocycles. The second-order valence-electron chi connectivity index (χ2n) is 6.53. The largest absolute Gasteiger partial charge is 0.463 e. The van der Waals surface area contributed by atoms with Crippen molar-refractivity contribution in [1.82, 2.24) is 14.9 Å². The van der Waals surface area contributed by atoms with E-state index in [0.29, 0.717) is 18.7 Å². The van der Waals surface area contributed by atoms with Crippen LogP contribution in [0.5, 0.6) is 0 Å².